The lowest BCUT2D eigenvalue weighted by molar-refractivity contribution is 0.671. The summed E-state index contributed by atoms with van der Waals surface area (Å²) in [5.41, 5.74) is 2.13. The van der Waals surface area contributed by atoms with Gasteiger partial charge in [-0.25, -0.2) is 4.98 Å². The molecule has 3 heterocycles. The van der Waals surface area contributed by atoms with Gasteiger partial charge in [-0.2, -0.15) is 5.26 Å². The van der Waals surface area contributed by atoms with E-state index in [-0.39, 0.29) is 11.3 Å². The maximum atomic E-state index is 13.3. The van der Waals surface area contributed by atoms with Crippen LogP contribution in [0, 0.1) is 18.3 Å². The smallest absolute Gasteiger partial charge is 0.263 e. The standard InChI is InChI=1S/C21H15N5OS2/c1-3-11-26-20(27)17-13(2)18(14-7-5-4-6-8-14)29-19(17)23-21(26)28-16-10-9-15(12-22)24-25-16/h3-10H,1,11H2,2H3. The minimum atomic E-state index is -0.102. The Morgan fingerprint density at radius 3 is 2.69 bits per heavy atom. The number of aromatic nitrogens is 4. The van der Waals surface area contributed by atoms with Gasteiger partial charge in [0, 0.05) is 11.4 Å². The monoisotopic (exact) mass is 417 g/mol. The van der Waals surface area contributed by atoms with Crippen molar-refractivity contribution in [3.8, 4) is 16.5 Å². The van der Waals surface area contributed by atoms with Crippen molar-refractivity contribution in [3.05, 3.63) is 76.7 Å². The summed E-state index contributed by atoms with van der Waals surface area (Å²) in [6, 6.07) is 15.2. The molecule has 0 amide bonds. The molecule has 6 nitrogen and oxygen atoms in total. The summed E-state index contributed by atoms with van der Waals surface area (Å²) in [4.78, 5) is 19.8. The van der Waals surface area contributed by atoms with Crippen molar-refractivity contribution in [2.45, 2.75) is 23.7 Å². The van der Waals surface area contributed by atoms with Crippen LogP contribution in [0.1, 0.15) is 11.3 Å². The number of rotatable bonds is 5. The van der Waals surface area contributed by atoms with Gasteiger partial charge in [0.15, 0.2) is 10.9 Å². The maximum absolute atomic E-state index is 13.3. The number of allylic oxidation sites excluding steroid dienone is 1. The summed E-state index contributed by atoms with van der Waals surface area (Å²) in [5, 5.41) is 18.5. The molecule has 0 atom stereocenters. The van der Waals surface area contributed by atoms with E-state index >= 15 is 0 Å². The van der Waals surface area contributed by atoms with Gasteiger partial charge in [0.25, 0.3) is 5.56 Å². The first-order chi connectivity index (χ1) is 14.1. The number of thiophene rings is 1. The highest BCUT2D eigenvalue weighted by molar-refractivity contribution is 7.99. The van der Waals surface area contributed by atoms with Crippen LogP contribution in [-0.4, -0.2) is 19.7 Å². The molecule has 8 heteroatoms. The highest BCUT2D eigenvalue weighted by atomic mass is 32.2. The van der Waals surface area contributed by atoms with Gasteiger partial charge >= 0.3 is 0 Å². The predicted octanol–water partition coefficient (Wildman–Crippen LogP) is 4.43. The number of nitriles is 1. The van der Waals surface area contributed by atoms with Gasteiger partial charge in [-0.15, -0.1) is 28.1 Å². The molecule has 1 aromatic carbocycles. The number of benzene rings is 1. The number of hydrogen-bond acceptors (Lipinski definition) is 7. The molecule has 0 spiro atoms. The SMILES string of the molecule is C=CCn1c(Sc2ccc(C#N)nn2)nc2sc(-c3ccccc3)c(C)c2c1=O. The van der Waals surface area contributed by atoms with E-state index in [1.54, 1.807) is 22.8 Å². The summed E-state index contributed by atoms with van der Waals surface area (Å²) < 4.78 is 1.59. The molecule has 0 unspecified atom stereocenters. The molecular weight excluding hydrogens is 402 g/mol. The average Bonchev–Trinajstić information content (AvgIpc) is 3.08. The van der Waals surface area contributed by atoms with Gasteiger partial charge in [0.1, 0.15) is 15.9 Å². The van der Waals surface area contributed by atoms with Crippen LogP contribution in [0.2, 0.25) is 0 Å². The normalized spacial score (nSPS) is 10.8. The maximum Gasteiger partial charge on any atom is 0.263 e. The Hall–Kier alpha value is -3.28. The third-order valence-corrected chi connectivity index (χ3v) is 6.47. The van der Waals surface area contributed by atoms with E-state index in [0.717, 1.165) is 16.0 Å². The van der Waals surface area contributed by atoms with Crippen LogP contribution < -0.4 is 5.56 Å². The van der Waals surface area contributed by atoms with Crippen molar-refractivity contribution < 1.29 is 0 Å². The summed E-state index contributed by atoms with van der Waals surface area (Å²) in [7, 11) is 0. The molecule has 0 aliphatic rings. The van der Waals surface area contributed by atoms with Crippen LogP contribution in [0.25, 0.3) is 20.7 Å². The van der Waals surface area contributed by atoms with Crippen LogP contribution in [0.3, 0.4) is 0 Å². The molecule has 0 saturated carbocycles. The van der Waals surface area contributed by atoms with Crippen molar-refractivity contribution in [2.75, 3.05) is 0 Å². The molecule has 0 radical (unpaired) electrons. The van der Waals surface area contributed by atoms with E-state index in [2.05, 4.69) is 16.8 Å². The second-order valence-corrected chi connectivity index (χ2v) is 8.16. The molecule has 0 saturated heterocycles. The Morgan fingerprint density at radius 1 is 1.24 bits per heavy atom. The molecule has 4 rings (SSSR count). The molecule has 0 N–H and O–H groups in total. The first-order valence-corrected chi connectivity index (χ1v) is 10.4. The highest BCUT2D eigenvalue weighted by Gasteiger charge is 2.19. The molecule has 0 fully saturated rings. The van der Waals surface area contributed by atoms with Crippen molar-refractivity contribution in [3.63, 3.8) is 0 Å². The zero-order valence-electron chi connectivity index (χ0n) is 15.5. The zero-order valence-corrected chi connectivity index (χ0v) is 17.1. The number of aryl methyl sites for hydroxylation is 1. The minimum absolute atomic E-state index is 0.102. The number of nitrogens with zero attached hydrogens (tertiary/aromatic N) is 5. The summed E-state index contributed by atoms with van der Waals surface area (Å²) in [5.74, 6) is 0. The summed E-state index contributed by atoms with van der Waals surface area (Å²) >= 11 is 2.75. The molecule has 0 aliphatic heterocycles. The molecule has 4 aromatic rings. The molecular formula is C21H15N5OS2. The Balaban J connectivity index is 1.87. The van der Waals surface area contributed by atoms with Gasteiger partial charge in [-0.3, -0.25) is 9.36 Å². The fourth-order valence-electron chi connectivity index (χ4n) is 2.96. The average molecular weight is 418 g/mol. The second-order valence-electron chi connectivity index (χ2n) is 6.17. The van der Waals surface area contributed by atoms with Crippen molar-refractivity contribution >= 4 is 33.3 Å². The molecule has 29 heavy (non-hydrogen) atoms. The topological polar surface area (TPSA) is 84.5 Å². The Labute approximate surface area is 175 Å². The van der Waals surface area contributed by atoms with Crippen LogP contribution in [0.4, 0.5) is 0 Å². The largest absolute Gasteiger partial charge is 0.283 e. The van der Waals surface area contributed by atoms with E-state index in [0.29, 0.717) is 26.9 Å². The zero-order chi connectivity index (χ0) is 20.4. The Bertz CT molecular complexity index is 1300. The van der Waals surface area contributed by atoms with E-state index in [1.807, 2.05) is 43.3 Å². The van der Waals surface area contributed by atoms with Crippen molar-refractivity contribution in [1.29, 1.82) is 5.26 Å². The molecule has 0 aliphatic carbocycles. The van der Waals surface area contributed by atoms with E-state index in [4.69, 9.17) is 10.2 Å². The van der Waals surface area contributed by atoms with Crippen LogP contribution in [0.15, 0.2) is 70.1 Å². The quantitative estimate of drug-likeness (QED) is 0.353. The van der Waals surface area contributed by atoms with Crippen molar-refractivity contribution in [2.24, 2.45) is 0 Å². The van der Waals surface area contributed by atoms with Gasteiger partial charge in [-0.1, -0.05) is 36.4 Å². The van der Waals surface area contributed by atoms with Gasteiger partial charge in [-0.05, 0) is 41.9 Å². The van der Waals surface area contributed by atoms with Crippen molar-refractivity contribution in [1.82, 2.24) is 19.7 Å². The van der Waals surface area contributed by atoms with Gasteiger partial charge in [0.2, 0.25) is 0 Å². The van der Waals surface area contributed by atoms with Crippen LogP contribution in [0.5, 0.6) is 0 Å². The minimum Gasteiger partial charge on any atom is -0.283 e. The van der Waals surface area contributed by atoms with Crippen LogP contribution >= 0.6 is 23.1 Å². The lowest BCUT2D eigenvalue weighted by Crippen LogP contribution is -2.22. The highest BCUT2D eigenvalue weighted by Crippen LogP contribution is 2.37. The molecule has 0 bridgehead atoms. The summed E-state index contributed by atoms with van der Waals surface area (Å²) in [6.45, 7) is 6.06. The second kappa shape index (κ2) is 7.99. The fraction of sp³-hybridized carbons (Fsp3) is 0.0952. The summed E-state index contributed by atoms with van der Waals surface area (Å²) in [6.07, 6.45) is 1.67. The van der Waals surface area contributed by atoms with E-state index in [9.17, 15) is 4.79 Å². The number of hydrogen-bond donors (Lipinski definition) is 0. The lowest BCUT2D eigenvalue weighted by Gasteiger charge is -2.09. The predicted molar refractivity (Wildman–Crippen MR) is 115 cm³/mol. The first-order valence-electron chi connectivity index (χ1n) is 8.74. The molecule has 142 valence electrons. The first kappa shape index (κ1) is 19.1. The third-order valence-electron chi connectivity index (χ3n) is 4.31. The van der Waals surface area contributed by atoms with Gasteiger partial charge < -0.3 is 0 Å². The number of fused-ring (bicyclic) bond motifs is 1. The van der Waals surface area contributed by atoms with Gasteiger partial charge in [0.05, 0.1) is 5.39 Å². The Morgan fingerprint density at radius 2 is 2.03 bits per heavy atom. The Kier molecular flexibility index (Phi) is 5.25. The van der Waals surface area contributed by atoms with E-state index in [1.165, 1.54) is 23.1 Å². The van der Waals surface area contributed by atoms with E-state index < -0.39 is 0 Å². The fourth-order valence-corrected chi connectivity index (χ4v) is 5.00. The lowest BCUT2D eigenvalue weighted by atomic mass is 10.1. The molecule has 3 aromatic heterocycles. The third kappa shape index (κ3) is 3.58. The van der Waals surface area contributed by atoms with Crippen LogP contribution in [-0.2, 0) is 6.54 Å².